The standard InChI is InChI=1S/C18H19FN2O5S/c1-21(2)27(23,24)17-10-13(4-5-14(17)19)18(22)20-11-12-3-6-15-16(9-12)26-8-7-25-15/h3-6,9-10H,7-8,11H2,1-2H3,(H,20,22). The first kappa shape index (κ1) is 19.1. The van der Waals surface area contributed by atoms with Crippen molar-refractivity contribution in [3.63, 3.8) is 0 Å². The molecule has 1 amide bonds. The van der Waals surface area contributed by atoms with Crippen molar-refractivity contribution in [2.45, 2.75) is 11.4 Å². The fraction of sp³-hybridized carbons (Fsp3) is 0.278. The van der Waals surface area contributed by atoms with Crippen molar-refractivity contribution < 1.29 is 27.1 Å². The second-order valence-electron chi connectivity index (χ2n) is 6.09. The first-order valence-corrected chi connectivity index (χ1v) is 9.62. The van der Waals surface area contributed by atoms with Crippen molar-refractivity contribution in [3.05, 3.63) is 53.3 Å². The molecule has 27 heavy (non-hydrogen) atoms. The summed E-state index contributed by atoms with van der Waals surface area (Å²) in [5.74, 6) is -0.172. The van der Waals surface area contributed by atoms with Crippen molar-refractivity contribution in [1.29, 1.82) is 0 Å². The van der Waals surface area contributed by atoms with Gasteiger partial charge in [0.1, 0.15) is 23.9 Å². The maximum Gasteiger partial charge on any atom is 0.251 e. The van der Waals surface area contributed by atoms with Gasteiger partial charge in [0.2, 0.25) is 10.0 Å². The van der Waals surface area contributed by atoms with Crippen molar-refractivity contribution >= 4 is 15.9 Å². The van der Waals surface area contributed by atoms with E-state index in [9.17, 15) is 17.6 Å². The topological polar surface area (TPSA) is 84.9 Å². The predicted molar refractivity (Wildman–Crippen MR) is 95.9 cm³/mol. The lowest BCUT2D eigenvalue weighted by Crippen LogP contribution is -2.26. The van der Waals surface area contributed by atoms with Gasteiger partial charge in [-0.15, -0.1) is 0 Å². The van der Waals surface area contributed by atoms with Gasteiger partial charge in [0.15, 0.2) is 11.5 Å². The molecule has 9 heteroatoms. The highest BCUT2D eigenvalue weighted by molar-refractivity contribution is 7.89. The molecule has 7 nitrogen and oxygen atoms in total. The van der Waals surface area contributed by atoms with Crippen molar-refractivity contribution in [2.24, 2.45) is 0 Å². The molecule has 0 aromatic heterocycles. The highest BCUT2D eigenvalue weighted by Gasteiger charge is 2.23. The summed E-state index contributed by atoms with van der Waals surface area (Å²) in [6, 6.07) is 8.56. The molecule has 0 unspecified atom stereocenters. The number of rotatable bonds is 5. The van der Waals surface area contributed by atoms with Crippen molar-refractivity contribution in [3.8, 4) is 11.5 Å². The molecule has 3 rings (SSSR count). The number of amides is 1. The number of sulfonamides is 1. The SMILES string of the molecule is CN(C)S(=O)(=O)c1cc(C(=O)NCc2ccc3c(c2)OCCO3)ccc1F. The number of nitrogens with zero attached hydrogens (tertiary/aromatic N) is 1. The molecule has 144 valence electrons. The van der Waals surface area contributed by atoms with Gasteiger partial charge in [0.25, 0.3) is 5.91 Å². The van der Waals surface area contributed by atoms with Gasteiger partial charge >= 0.3 is 0 Å². The Kier molecular flexibility index (Phi) is 5.33. The molecular formula is C18H19FN2O5S. The van der Waals surface area contributed by atoms with Gasteiger partial charge in [-0.1, -0.05) is 6.07 Å². The Morgan fingerprint density at radius 3 is 2.52 bits per heavy atom. The molecule has 0 spiro atoms. The second-order valence-corrected chi connectivity index (χ2v) is 8.21. The van der Waals surface area contributed by atoms with Crippen LogP contribution < -0.4 is 14.8 Å². The fourth-order valence-electron chi connectivity index (χ4n) is 2.52. The van der Waals surface area contributed by atoms with E-state index in [1.165, 1.54) is 20.2 Å². The third kappa shape index (κ3) is 4.04. The highest BCUT2D eigenvalue weighted by Crippen LogP contribution is 2.30. The molecular weight excluding hydrogens is 375 g/mol. The number of hydrogen-bond acceptors (Lipinski definition) is 5. The van der Waals surface area contributed by atoms with Crippen LogP contribution in [0.25, 0.3) is 0 Å². The monoisotopic (exact) mass is 394 g/mol. The molecule has 0 atom stereocenters. The summed E-state index contributed by atoms with van der Waals surface area (Å²) >= 11 is 0. The zero-order valence-corrected chi connectivity index (χ0v) is 15.7. The van der Waals surface area contributed by atoms with Crippen molar-refractivity contribution in [1.82, 2.24) is 9.62 Å². The van der Waals surface area contributed by atoms with Crippen molar-refractivity contribution in [2.75, 3.05) is 27.3 Å². The number of carbonyl (C=O) groups is 1. The summed E-state index contributed by atoms with van der Waals surface area (Å²) in [5, 5.41) is 2.68. The summed E-state index contributed by atoms with van der Waals surface area (Å²) in [6.07, 6.45) is 0. The quantitative estimate of drug-likeness (QED) is 0.836. The Labute approximate surface area is 156 Å². The molecule has 0 saturated heterocycles. The summed E-state index contributed by atoms with van der Waals surface area (Å²) in [5.41, 5.74) is 0.838. The number of halogens is 1. The number of hydrogen-bond donors (Lipinski definition) is 1. The third-order valence-electron chi connectivity index (χ3n) is 4.01. The van der Waals surface area contributed by atoms with Gasteiger partial charge in [0.05, 0.1) is 0 Å². The van der Waals surface area contributed by atoms with Gasteiger partial charge in [-0.05, 0) is 35.9 Å². The second kappa shape index (κ2) is 7.53. The molecule has 2 aromatic carbocycles. The number of carbonyl (C=O) groups excluding carboxylic acids is 1. The van der Waals surface area contributed by atoms with Gasteiger partial charge < -0.3 is 14.8 Å². The first-order valence-electron chi connectivity index (χ1n) is 8.18. The molecule has 0 fully saturated rings. The maximum atomic E-state index is 13.9. The number of benzene rings is 2. The fourth-order valence-corrected chi connectivity index (χ4v) is 3.50. The Bertz CT molecular complexity index is 976. The molecule has 1 aliphatic heterocycles. The Morgan fingerprint density at radius 1 is 1.11 bits per heavy atom. The molecule has 1 aliphatic rings. The molecule has 1 N–H and O–H groups in total. The van der Waals surface area contributed by atoms with Crippen LogP contribution in [0.3, 0.4) is 0 Å². The molecule has 0 radical (unpaired) electrons. The van der Waals surface area contributed by atoms with Gasteiger partial charge in [-0.2, -0.15) is 0 Å². The van der Waals surface area contributed by atoms with Crippen LogP contribution in [0.15, 0.2) is 41.3 Å². The predicted octanol–water partition coefficient (Wildman–Crippen LogP) is 1.78. The Hall–Kier alpha value is -2.65. The van der Waals surface area contributed by atoms with E-state index in [0.717, 1.165) is 22.0 Å². The van der Waals surface area contributed by atoms with E-state index in [2.05, 4.69) is 5.32 Å². The minimum Gasteiger partial charge on any atom is -0.486 e. The summed E-state index contributed by atoms with van der Waals surface area (Å²) in [6.45, 7) is 1.15. The summed E-state index contributed by atoms with van der Waals surface area (Å²) in [4.78, 5) is 11.8. The summed E-state index contributed by atoms with van der Waals surface area (Å²) < 4.78 is 50.1. The van der Waals surface area contributed by atoms with Gasteiger partial charge in [-0.25, -0.2) is 17.1 Å². The van der Waals surface area contributed by atoms with E-state index in [-0.39, 0.29) is 12.1 Å². The third-order valence-corrected chi connectivity index (χ3v) is 5.84. The number of ether oxygens (including phenoxy) is 2. The average Bonchev–Trinajstić information content (AvgIpc) is 2.66. The smallest absolute Gasteiger partial charge is 0.251 e. The molecule has 0 saturated carbocycles. The van der Waals surface area contributed by atoms with E-state index < -0.39 is 26.6 Å². The van der Waals surface area contributed by atoms with E-state index in [1.54, 1.807) is 18.2 Å². The molecule has 1 heterocycles. The van der Waals surface area contributed by atoms with Crippen LogP contribution in [-0.2, 0) is 16.6 Å². The lowest BCUT2D eigenvalue weighted by Gasteiger charge is -2.19. The van der Waals surface area contributed by atoms with E-state index in [4.69, 9.17) is 9.47 Å². The van der Waals surface area contributed by atoms with Crippen LogP contribution in [0, 0.1) is 5.82 Å². The normalized spacial score (nSPS) is 13.5. The zero-order chi connectivity index (χ0) is 19.6. The zero-order valence-electron chi connectivity index (χ0n) is 14.9. The van der Waals surface area contributed by atoms with Crippen LogP contribution in [0.2, 0.25) is 0 Å². The van der Waals surface area contributed by atoms with E-state index in [1.807, 2.05) is 0 Å². The number of nitrogens with one attached hydrogen (secondary N) is 1. The van der Waals surface area contributed by atoms with E-state index in [0.29, 0.717) is 24.7 Å². The van der Waals surface area contributed by atoms with Crippen LogP contribution >= 0.6 is 0 Å². The largest absolute Gasteiger partial charge is 0.486 e. The van der Waals surface area contributed by atoms with Gasteiger partial charge in [0, 0.05) is 26.2 Å². The minimum atomic E-state index is -3.99. The minimum absolute atomic E-state index is 0.0503. The Morgan fingerprint density at radius 2 is 1.81 bits per heavy atom. The highest BCUT2D eigenvalue weighted by atomic mass is 32.2. The molecule has 0 aliphatic carbocycles. The summed E-state index contributed by atoms with van der Waals surface area (Å²) in [7, 11) is -1.40. The van der Waals surface area contributed by atoms with E-state index >= 15 is 0 Å². The van der Waals surface area contributed by atoms with Gasteiger partial charge in [-0.3, -0.25) is 4.79 Å². The van der Waals surface area contributed by atoms with Crippen LogP contribution in [-0.4, -0.2) is 45.9 Å². The number of fused-ring (bicyclic) bond motifs is 1. The lowest BCUT2D eigenvalue weighted by atomic mass is 10.1. The molecule has 0 bridgehead atoms. The lowest BCUT2D eigenvalue weighted by molar-refractivity contribution is 0.0950. The van der Waals surface area contributed by atoms with Crippen LogP contribution in [0.1, 0.15) is 15.9 Å². The first-order chi connectivity index (χ1) is 12.8. The Balaban J connectivity index is 1.75. The van der Waals surface area contributed by atoms with Crippen LogP contribution in [0.4, 0.5) is 4.39 Å². The van der Waals surface area contributed by atoms with Crippen LogP contribution in [0.5, 0.6) is 11.5 Å². The molecule has 2 aromatic rings. The maximum absolute atomic E-state index is 13.9. The average molecular weight is 394 g/mol.